The molecule has 1 rings (SSSR count). The van der Waals surface area contributed by atoms with Crippen molar-refractivity contribution in [2.75, 3.05) is 18.5 Å². The number of aliphatic hydroxyl groups excluding tert-OH is 1. The van der Waals surface area contributed by atoms with E-state index in [0.29, 0.717) is 19.6 Å². The molecule has 0 aliphatic rings. The highest BCUT2D eigenvalue weighted by Gasteiger charge is 2.21. The normalized spacial score (nSPS) is 12.6. The number of unbranched alkanes of at least 4 members (excludes halogenated alkanes) is 1. The van der Waals surface area contributed by atoms with Gasteiger partial charge in [-0.25, -0.2) is 4.79 Å². The lowest BCUT2D eigenvalue weighted by molar-refractivity contribution is 0.129. The van der Waals surface area contributed by atoms with Gasteiger partial charge in [0.2, 0.25) is 0 Å². The summed E-state index contributed by atoms with van der Waals surface area (Å²) in [7, 11) is 0. The second kappa shape index (κ2) is 9.52. The van der Waals surface area contributed by atoms with Crippen LogP contribution < -0.4 is 15.4 Å². The second-order valence-electron chi connectivity index (χ2n) is 7.20. The molecule has 24 heavy (non-hydrogen) atoms. The van der Waals surface area contributed by atoms with Gasteiger partial charge in [0.05, 0.1) is 12.7 Å². The number of ether oxygens (including phenoxy) is 1. The van der Waals surface area contributed by atoms with Crippen molar-refractivity contribution in [1.82, 2.24) is 5.32 Å². The molecule has 0 aliphatic carbocycles. The molecule has 2 amide bonds. The standard InChI is InChI=1S/C19H32N2O3/c1-6-7-10-24-16-8-9-17(14(2)11-16)21-18(23)20-13-19(4,5)12-15(3)22/h8-9,11,15,22H,6-7,10,12-13H2,1-5H3,(H2,20,21,23). The van der Waals surface area contributed by atoms with Crippen LogP contribution in [0.25, 0.3) is 0 Å². The van der Waals surface area contributed by atoms with Crippen molar-refractivity contribution in [1.29, 1.82) is 0 Å². The van der Waals surface area contributed by atoms with Crippen molar-refractivity contribution in [3.63, 3.8) is 0 Å². The molecule has 5 nitrogen and oxygen atoms in total. The van der Waals surface area contributed by atoms with E-state index in [1.165, 1.54) is 0 Å². The van der Waals surface area contributed by atoms with Gasteiger partial charge in [0.15, 0.2) is 0 Å². The highest BCUT2D eigenvalue weighted by atomic mass is 16.5. The Bertz CT molecular complexity index is 527. The Hall–Kier alpha value is -1.75. The van der Waals surface area contributed by atoms with Crippen molar-refractivity contribution >= 4 is 11.7 Å². The number of urea groups is 1. The van der Waals surface area contributed by atoms with Crippen LogP contribution in [0.4, 0.5) is 10.5 Å². The molecular formula is C19H32N2O3. The fourth-order valence-corrected chi connectivity index (χ4v) is 2.56. The number of nitrogens with one attached hydrogen (secondary N) is 2. The van der Waals surface area contributed by atoms with E-state index in [1.54, 1.807) is 6.92 Å². The van der Waals surface area contributed by atoms with E-state index in [2.05, 4.69) is 17.6 Å². The van der Waals surface area contributed by atoms with Gasteiger partial charge >= 0.3 is 6.03 Å². The van der Waals surface area contributed by atoms with Crippen molar-refractivity contribution in [2.45, 2.75) is 60.0 Å². The summed E-state index contributed by atoms with van der Waals surface area (Å²) in [6, 6.07) is 5.42. The molecule has 0 saturated carbocycles. The molecule has 0 aromatic heterocycles. The summed E-state index contributed by atoms with van der Waals surface area (Å²) in [6.07, 6.45) is 2.39. The maximum atomic E-state index is 12.1. The summed E-state index contributed by atoms with van der Waals surface area (Å²) in [5.74, 6) is 0.824. The van der Waals surface area contributed by atoms with Gasteiger partial charge in [-0.1, -0.05) is 27.2 Å². The van der Waals surface area contributed by atoms with Gasteiger partial charge in [-0.15, -0.1) is 0 Å². The summed E-state index contributed by atoms with van der Waals surface area (Å²) >= 11 is 0. The zero-order valence-corrected chi connectivity index (χ0v) is 15.6. The number of hydrogen-bond acceptors (Lipinski definition) is 3. The molecule has 0 fully saturated rings. The number of aliphatic hydroxyl groups is 1. The molecular weight excluding hydrogens is 304 g/mol. The maximum Gasteiger partial charge on any atom is 0.319 e. The van der Waals surface area contributed by atoms with Crippen molar-refractivity contribution in [3.05, 3.63) is 23.8 Å². The van der Waals surface area contributed by atoms with Crippen molar-refractivity contribution in [2.24, 2.45) is 5.41 Å². The Kier molecular flexibility index (Phi) is 8.05. The Morgan fingerprint density at radius 2 is 2.08 bits per heavy atom. The smallest absolute Gasteiger partial charge is 0.319 e. The van der Waals surface area contributed by atoms with E-state index < -0.39 is 0 Å². The van der Waals surface area contributed by atoms with Crippen LogP contribution >= 0.6 is 0 Å². The van der Waals surface area contributed by atoms with Crippen LogP contribution in [0, 0.1) is 12.3 Å². The van der Waals surface area contributed by atoms with E-state index in [9.17, 15) is 9.90 Å². The lowest BCUT2D eigenvalue weighted by Crippen LogP contribution is -2.38. The largest absolute Gasteiger partial charge is 0.494 e. The van der Waals surface area contributed by atoms with Crippen LogP contribution in [0.3, 0.4) is 0 Å². The summed E-state index contributed by atoms with van der Waals surface area (Å²) in [5.41, 5.74) is 1.57. The van der Waals surface area contributed by atoms with Gasteiger partial charge in [0.1, 0.15) is 5.75 Å². The van der Waals surface area contributed by atoms with Crippen LogP contribution in [0.5, 0.6) is 5.75 Å². The van der Waals surface area contributed by atoms with E-state index >= 15 is 0 Å². The fourth-order valence-electron chi connectivity index (χ4n) is 2.56. The Labute approximate surface area is 145 Å². The number of rotatable bonds is 9. The predicted octanol–water partition coefficient (Wildman–Crippen LogP) is 4.09. The van der Waals surface area contributed by atoms with Gasteiger partial charge in [-0.05, 0) is 55.9 Å². The molecule has 1 atom stereocenters. The van der Waals surface area contributed by atoms with Gasteiger partial charge in [-0.2, -0.15) is 0 Å². The first-order valence-corrected chi connectivity index (χ1v) is 8.70. The van der Waals surface area contributed by atoms with Gasteiger partial charge < -0.3 is 20.5 Å². The summed E-state index contributed by atoms with van der Waals surface area (Å²) in [4.78, 5) is 12.1. The van der Waals surface area contributed by atoms with Crippen LogP contribution in [-0.2, 0) is 0 Å². The van der Waals surface area contributed by atoms with Crippen molar-refractivity contribution in [3.8, 4) is 5.75 Å². The zero-order valence-electron chi connectivity index (χ0n) is 15.6. The van der Waals surface area contributed by atoms with E-state index in [0.717, 1.165) is 29.8 Å². The third-order valence-corrected chi connectivity index (χ3v) is 3.79. The van der Waals surface area contributed by atoms with E-state index in [-0.39, 0.29) is 17.6 Å². The number of amides is 2. The number of carbonyl (C=O) groups excluding carboxylic acids is 1. The monoisotopic (exact) mass is 336 g/mol. The molecule has 3 N–H and O–H groups in total. The Morgan fingerprint density at radius 3 is 2.67 bits per heavy atom. The summed E-state index contributed by atoms with van der Waals surface area (Å²) in [5, 5.41) is 15.2. The van der Waals surface area contributed by atoms with Gasteiger partial charge in [0.25, 0.3) is 0 Å². The summed E-state index contributed by atoms with van der Waals surface area (Å²) in [6.45, 7) is 11.1. The number of carbonyl (C=O) groups is 1. The number of anilines is 1. The second-order valence-corrected chi connectivity index (χ2v) is 7.20. The number of aryl methyl sites for hydroxylation is 1. The first-order chi connectivity index (χ1) is 11.2. The minimum Gasteiger partial charge on any atom is -0.494 e. The van der Waals surface area contributed by atoms with Gasteiger partial charge in [0, 0.05) is 12.2 Å². The molecule has 0 saturated heterocycles. The molecule has 0 radical (unpaired) electrons. The number of benzene rings is 1. The number of hydrogen-bond donors (Lipinski definition) is 3. The Morgan fingerprint density at radius 1 is 1.38 bits per heavy atom. The molecule has 0 aliphatic heterocycles. The lowest BCUT2D eigenvalue weighted by atomic mass is 9.87. The first kappa shape index (κ1) is 20.3. The molecule has 0 heterocycles. The Balaban J connectivity index is 2.52. The molecule has 136 valence electrons. The topological polar surface area (TPSA) is 70.6 Å². The molecule has 0 bridgehead atoms. The fraction of sp³-hybridized carbons (Fsp3) is 0.632. The highest BCUT2D eigenvalue weighted by Crippen LogP contribution is 2.23. The maximum absolute atomic E-state index is 12.1. The third-order valence-electron chi connectivity index (χ3n) is 3.79. The average molecular weight is 336 g/mol. The van der Waals surface area contributed by atoms with Crippen LogP contribution in [0.15, 0.2) is 18.2 Å². The predicted molar refractivity (Wildman–Crippen MR) is 98.7 cm³/mol. The average Bonchev–Trinajstić information content (AvgIpc) is 2.47. The van der Waals surface area contributed by atoms with E-state index in [4.69, 9.17) is 4.74 Å². The highest BCUT2D eigenvalue weighted by molar-refractivity contribution is 5.90. The zero-order chi connectivity index (χ0) is 18.2. The van der Waals surface area contributed by atoms with E-state index in [1.807, 2.05) is 39.0 Å². The molecule has 1 unspecified atom stereocenters. The molecule has 1 aromatic rings. The molecule has 5 heteroatoms. The van der Waals surface area contributed by atoms with Crippen molar-refractivity contribution < 1.29 is 14.6 Å². The third kappa shape index (κ3) is 7.68. The molecule has 0 spiro atoms. The SMILES string of the molecule is CCCCOc1ccc(NC(=O)NCC(C)(C)CC(C)O)c(C)c1. The minimum absolute atomic E-state index is 0.155. The first-order valence-electron chi connectivity index (χ1n) is 8.70. The summed E-state index contributed by atoms with van der Waals surface area (Å²) < 4.78 is 5.66. The lowest BCUT2D eigenvalue weighted by Gasteiger charge is -2.26. The van der Waals surface area contributed by atoms with Crippen LogP contribution in [0.1, 0.15) is 52.5 Å². The molecule has 1 aromatic carbocycles. The minimum atomic E-state index is -0.382. The quantitative estimate of drug-likeness (QED) is 0.595. The van der Waals surface area contributed by atoms with Gasteiger partial charge in [-0.3, -0.25) is 0 Å². The van der Waals surface area contributed by atoms with Crippen LogP contribution in [-0.4, -0.2) is 30.4 Å². The van der Waals surface area contributed by atoms with Crippen LogP contribution in [0.2, 0.25) is 0 Å².